The molecule has 1 rings (SSSR count). The third-order valence-electron chi connectivity index (χ3n) is 1.62. The van der Waals surface area contributed by atoms with Crippen molar-refractivity contribution in [3.63, 3.8) is 0 Å². The zero-order valence-corrected chi connectivity index (χ0v) is 9.57. The Bertz CT molecular complexity index is 350. The Kier molecular flexibility index (Phi) is 3.33. The molecule has 0 aliphatic heterocycles. The number of Topliss-reactive ketones (excluding diaryl/α,β-unsaturated/α-hetero) is 1. The molecule has 0 saturated heterocycles. The third kappa shape index (κ3) is 2.23. The maximum absolute atomic E-state index is 11.0. The lowest BCUT2D eigenvalue weighted by atomic mass is 10.1. The quantitative estimate of drug-likeness (QED) is 0.765. The molecular formula is C9H8BrClO2. The Morgan fingerprint density at radius 3 is 2.62 bits per heavy atom. The van der Waals surface area contributed by atoms with E-state index in [2.05, 4.69) is 15.9 Å². The van der Waals surface area contributed by atoms with Gasteiger partial charge in [0.15, 0.2) is 5.78 Å². The Morgan fingerprint density at radius 1 is 1.54 bits per heavy atom. The predicted octanol–water partition coefficient (Wildman–Crippen LogP) is 3.31. The highest BCUT2D eigenvalue weighted by molar-refractivity contribution is 9.10. The third-order valence-corrected chi connectivity index (χ3v) is 2.97. The Hall–Kier alpha value is -0.540. The highest BCUT2D eigenvalue weighted by Crippen LogP contribution is 2.33. The second-order valence-corrected chi connectivity index (χ2v) is 3.73. The van der Waals surface area contributed by atoms with Crippen molar-refractivity contribution in [2.75, 3.05) is 7.11 Å². The van der Waals surface area contributed by atoms with Gasteiger partial charge in [0, 0.05) is 5.56 Å². The standard InChI is InChI=1S/C9H8BrClO2/c1-5(12)6-3-7(11)9(10)8(4-6)13-2/h3-4H,1-2H3. The lowest BCUT2D eigenvalue weighted by Crippen LogP contribution is -1.94. The van der Waals surface area contributed by atoms with Crippen LogP contribution in [0.4, 0.5) is 0 Å². The van der Waals surface area contributed by atoms with E-state index in [0.717, 1.165) is 0 Å². The van der Waals surface area contributed by atoms with Gasteiger partial charge in [-0.2, -0.15) is 0 Å². The highest BCUT2D eigenvalue weighted by atomic mass is 79.9. The molecule has 1 aromatic rings. The first-order valence-electron chi connectivity index (χ1n) is 3.60. The van der Waals surface area contributed by atoms with Gasteiger partial charge in [0.1, 0.15) is 5.75 Å². The topological polar surface area (TPSA) is 26.3 Å². The second-order valence-electron chi connectivity index (χ2n) is 2.53. The fraction of sp³-hybridized carbons (Fsp3) is 0.222. The maximum Gasteiger partial charge on any atom is 0.159 e. The van der Waals surface area contributed by atoms with Crippen molar-refractivity contribution >= 4 is 33.3 Å². The zero-order valence-electron chi connectivity index (χ0n) is 7.23. The molecule has 0 fully saturated rings. The molecule has 0 aliphatic rings. The minimum Gasteiger partial charge on any atom is -0.495 e. The molecule has 13 heavy (non-hydrogen) atoms. The van der Waals surface area contributed by atoms with Crippen LogP contribution in [-0.2, 0) is 0 Å². The van der Waals surface area contributed by atoms with Crippen molar-refractivity contribution in [3.8, 4) is 5.75 Å². The van der Waals surface area contributed by atoms with Crippen LogP contribution in [0.3, 0.4) is 0 Å². The van der Waals surface area contributed by atoms with Gasteiger partial charge < -0.3 is 4.74 Å². The van der Waals surface area contributed by atoms with Gasteiger partial charge in [0.25, 0.3) is 0 Å². The van der Waals surface area contributed by atoms with Gasteiger partial charge in [0.2, 0.25) is 0 Å². The number of halogens is 2. The summed E-state index contributed by atoms with van der Waals surface area (Å²) in [5.41, 5.74) is 0.546. The van der Waals surface area contributed by atoms with E-state index in [1.165, 1.54) is 14.0 Å². The van der Waals surface area contributed by atoms with Gasteiger partial charge in [-0.3, -0.25) is 4.79 Å². The van der Waals surface area contributed by atoms with Crippen molar-refractivity contribution < 1.29 is 9.53 Å². The van der Waals surface area contributed by atoms with Crippen molar-refractivity contribution in [2.45, 2.75) is 6.92 Å². The summed E-state index contributed by atoms with van der Waals surface area (Å²) in [6.07, 6.45) is 0. The van der Waals surface area contributed by atoms with Gasteiger partial charge in [-0.15, -0.1) is 0 Å². The summed E-state index contributed by atoms with van der Waals surface area (Å²) in [6.45, 7) is 1.49. The van der Waals surface area contributed by atoms with E-state index in [1.807, 2.05) is 0 Å². The number of benzene rings is 1. The molecule has 70 valence electrons. The molecule has 0 bridgehead atoms. The van der Waals surface area contributed by atoms with E-state index in [-0.39, 0.29) is 5.78 Å². The summed E-state index contributed by atoms with van der Waals surface area (Å²) in [6, 6.07) is 3.26. The first-order valence-corrected chi connectivity index (χ1v) is 4.77. The van der Waals surface area contributed by atoms with E-state index in [0.29, 0.717) is 20.8 Å². The van der Waals surface area contributed by atoms with Crippen LogP contribution in [-0.4, -0.2) is 12.9 Å². The molecule has 0 aromatic heterocycles. The van der Waals surface area contributed by atoms with Crippen LogP contribution in [0.5, 0.6) is 5.75 Å². The van der Waals surface area contributed by atoms with Gasteiger partial charge in [0.05, 0.1) is 16.6 Å². The summed E-state index contributed by atoms with van der Waals surface area (Å²) in [5, 5.41) is 0.476. The SMILES string of the molecule is COc1cc(C(C)=O)cc(Cl)c1Br. The largest absolute Gasteiger partial charge is 0.495 e. The van der Waals surface area contributed by atoms with Crippen molar-refractivity contribution in [2.24, 2.45) is 0 Å². The van der Waals surface area contributed by atoms with E-state index in [4.69, 9.17) is 16.3 Å². The summed E-state index contributed by atoms with van der Waals surface area (Å²) in [5.74, 6) is 0.533. The molecule has 4 heteroatoms. The monoisotopic (exact) mass is 262 g/mol. The molecule has 0 amide bonds. The molecular weight excluding hydrogens is 255 g/mol. The molecule has 0 saturated carbocycles. The Balaban J connectivity index is 3.30. The van der Waals surface area contributed by atoms with E-state index < -0.39 is 0 Å². The fourth-order valence-corrected chi connectivity index (χ4v) is 1.52. The summed E-state index contributed by atoms with van der Waals surface area (Å²) < 4.78 is 5.70. The van der Waals surface area contributed by atoms with Crippen molar-refractivity contribution in [3.05, 3.63) is 27.2 Å². The van der Waals surface area contributed by atoms with Crippen LogP contribution >= 0.6 is 27.5 Å². The molecule has 0 radical (unpaired) electrons. The number of rotatable bonds is 2. The zero-order chi connectivity index (χ0) is 10.0. The average Bonchev–Trinajstić information content (AvgIpc) is 2.09. The highest BCUT2D eigenvalue weighted by Gasteiger charge is 2.09. The summed E-state index contributed by atoms with van der Waals surface area (Å²) in [7, 11) is 1.53. The van der Waals surface area contributed by atoms with Crippen LogP contribution in [0.25, 0.3) is 0 Å². The Labute approximate surface area is 90.0 Å². The summed E-state index contributed by atoms with van der Waals surface area (Å²) >= 11 is 9.12. The number of carbonyl (C=O) groups excluding carboxylic acids is 1. The number of methoxy groups -OCH3 is 1. The number of carbonyl (C=O) groups is 1. The van der Waals surface area contributed by atoms with Gasteiger partial charge in [-0.25, -0.2) is 0 Å². The van der Waals surface area contributed by atoms with Crippen LogP contribution in [0.1, 0.15) is 17.3 Å². The second kappa shape index (κ2) is 4.11. The van der Waals surface area contributed by atoms with Crippen molar-refractivity contribution in [1.29, 1.82) is 0 Å². The molecule has 1 aromatic carbocycles. The van der Waals surface area contributed by atoms with Gasteiger partial charge in [-0.05, 0) is 35.0 Å². The minimum atomic E-state index is -0.0345. The first kappa shape index (κ1) is 10.5. The van der Waals surface area contributed by atoms with Crippen LogP contribution in [0.15, 0.2) is 16.6 Å². The number of hydrogen-bond donors (Lipinski definition) is 0. The van der Waals surface area contributed by atoms with Gasteiger partial charge >= 0.3 is 0 Å². The molecule has 2 nitrogen and oxygen atoms in total. The number of ether oxygens (including phenoxy) is 1. The Morgan fingerprint density at radius 2 is 2.15 bits per heavy atom. The fourth-order valence-electron chi connectivity index (χ4n) is 0.916. The molecule has 0 aliphatic carbocycles. The number of hydrogen-bond acceptors (Lipinski definition) is 2. The molecule has 0 N–H and O–H groups in total. The molecule has 0 spiro atoms. The normalized spacial score (nSPS) is 9.85. The minimum absolute atomic E-state index is 0.0345. The lowest BCUT2D eigenvalue weighted by molar-refractivity contribution is 0.101. The maximum atomic E-state index is 11.0. The molecule has 0 heterocycles. The number of ketones is 1. The predicted molar refractivity (Wildman–Crippen MR) is 55.7 cm³/mol. The first-order chi connectivity index (χ1) is 6.06. The van der Waals surface area contributed by atoms with Crippen LogP contribution in [0.2, 0.25) is 5.02 Å². The molecule has 0 atom stereocenters. The van der Waals surface area contributed by atoms with E-state index in [9.17, 15) is 4.79 Å². The van der Waals surface area contributed by atoms with Crippen LogP contribution in [0, 0.1) is 0 Å². The smallest absolute Gasteiger partial charge is 0.159 e. The molecule has 0 unspecified atom stereocenters. The van der Waals surface area contributed by atoms with E-state index >= 15 is 0 Å². The summed E-state index contributed by atoms with van der Waals surface area (Å²) in [4.78, 5) is 11.0. The lowest BCUT2D eigenvalue weighted by Gasteiger charge is -2.06. The van der Waals surface area contributed by atoms with E-state index in [1.54, 1.807) is 12.1 Å². The average molecular weight is 264 g/mol. The van der Waals surface area contributed by atoms with Crippen LogP contribution < -0.4 is 4.74 Å². The van der Waals surface area contributed by atoms with Crippen molar-refractivity contribution in [1.82, 2.24) is 0 Å². The van der Waals surface area contributed by atoms with Gasteiger partial charge in [-0.1, -0.05) is 11.6 Å².